The third-order valence-electron chi connectivity index (χ3n) is 3.29. The normalized spacial score (nSPS) is 18.2. The Balaban J connectivity index is 2.30. The molecule has 1 atom stereocenters. The van der Waals surface area contributed by atoms with Gasteiger partial charge in [-0.25, -0.2) is 13.9 Å². The predicted molar refractivity (Wildman–Crippen MR) is 81.1 cm³/mol. The first-order chi connectivity index (χ1) is 11.4. The van der Waals surface area contributed by atoms with Crippen LogP contribution in [0.5, 0.6) is 0 Å². The molecular weight excluding hydrogens is 346 g/mol. The summed E-state index contributed by atoms with van der Waals surface area (Å²) in [4.78, 5) is 24.3. The Morgan fingerprint density at radius 2 is 1.96 bits per heavy atom. The Hall–Kier alpha value is -1.32. The van der Waals surface area contributed by atoms with Crippen LogP contribution in [0.4, 0.5) is 4.39 Å². The lowest BCUT2D eigenvalue weighted by molar-refractivity contribution is 0.0467. The fraction of sp³-hybridized carbons (Fsp3) is 0.692. The highest BCUT2D eigenvalue weighted by Crippen LogP contribution is 2.49. The van der Waals surface area contributed by atoms with Gasteiger partial charge < -0.3 is 4.74 Å². The predicted octanol–water partition coefficient (Wildman–Crippen LogP) is 1.61. The fourth-order valence-electron chi connectivity index (χ4n) is 2.24. The SMILES string of the molecule is CCOP(=O)(OCC)OCn1c(=O)c(F)cn([C@H]2CCCO2)c1=O. The summed E-state index contributed by atoms with van der Waals surface area (Å²) in [7, 11) is -3.94. The molecule has 24 heavy (non-hydrogen) atoms. The number of phosphoric acid groups is 1. The maximum atomic E-state index is 13.9. The maximum Gasteiger partial charge on any atom is 0.476 e. The van der Waals surface area contributed by atoms with Gasteiger partial charge in [0.1, 0.15) is 13.0 Å². The molecule has 0 amide bonds. The lowest BCUT2D eigenvalue weighted by Crippen LogP contribution is -2.42. The number of ether oxygens (including phenoxy) is 1. The number of halogens is 1. The molecule has 0 unspecified atom stereocenters. The lowest BCUT2D eigenvalue weighted by Gasteiger charge is -2.18. The molecule has 1 aliphatic rings. The third kappa shape index (κ3) is 4.20. The number of aromatic nitrogens is 2. The molecule has 9 nitrogen and oxygen atoms in total. The second-order valence-corrected chi connectivity index (χ2v) is 6.58. The van der Waals surface area contributed by atoms with Gasteiger partial charge in [-0.2, -0.15) is 4.39 Å². The number of nitrogens with zero attached hydrogens (tertiary/aromatic N) is 2. The zero-order valence-corrected chi connectivity index (χ0v) is 14.4. The summed E-state index contributed by atoms with van der Waals surface area (Å²) < 4.78 is 47.7. The summed E-state index contributed by atoms with van der Waals surface area (Å²) in [5.41, 5.74) is -2.01. The minimum atomic E-state index is -3.94. The van der Waals surface area contributed by atoms with Gasteiger partial charge in [-0.15, -0.1) is 0 Å². The average Bonchev–Trinajstić information content (AvgIpc) is 3.05. The number of rotatable bonds is 8. The monoisotopic (exact) mass is 366 g/mol. The number of phosphoric ester groups is 1. The second kappa shape index (κ2) is 8.17. The standard InChI is InChI=1S/C13H20FN2O7P/c1-3-21-24(19,22-4-2)23-9-16-12(17)10(14)8-15(13(16)18)11-6-5-7-20-11/h8,11H,3-7,9H2,1-2H3/t11-/m1/s1. The van der Waals surface area contributed by atoms with E-state index in [1.54, 1.807) is 13.8 Å². The van der Waals surface area contributed by atoms with Crippen LogP contribution in [0.3, 0.4) is 0 Å². The third-order valence-corrected chi connectivity index (χ3v) is 4.87. The summed E-state index contributed by atoms with van der Waals surface area (Å²) in [5.74, 6) is -1.14. The molecule has 11 heteroatoms. The zero-order valence-electron chi connectivity index (χ0n) is 13.5. The van der Waals surface area contributed by atoms with Crippen LogP contribution < -0.4 is 11.2 Å². The van der Waals surface area contributed by atoms with Gasteiger partial charge in [0, 0.05) is 6.61 Å². The average molecular weight is 366 g/mol. The van der Waals surface area contributed by atoms with Gasteiger partial charge in [0.15, 0.2) is 0 Å². The van der Waals surface area contributed by atoms with E-state index in [9.17, 15) is 18.5 Å². The maximum absolute atomic E-state index is 13.9. The molecule has 0 bridgehead atoms. The minimum Gasteiger partial charge on any atom is -0.358 e. The van der Waals surface area contributed by atoms with Gasteiger partial charge in [-0.1, -0.05) is 0 Å². The number of hydrogen-bond donors (Lipinski definition) is 0. The van der Waals surface area contributed by atoms with Crippen molar-refractivity contribution in [2.45, 2.75) is 39.6 Å². The largest absolute Gasteiger partial charge is 0.476 e. The molecule has 136 valence electrons. The molecule has 2 rings (SSSR count). The van der Waals surface area contributed by atoms with Crippen molar-refractivity contribution in [2.24, 2.45) is 0 Å². The van der Waals surface area contributed by atoms with Crippen molar-refractivity contribution in [1.82, 2.24) is 9.13 Å². The molecule has 1 aromatic rings. The minimum absolute atomic E-state index is 0.0372. The van der Waals surface area contributed by atoms with Crippen molar-refractivity contribution < 1.29 is 27.3 Å². The van der Waals surface area contributed by atoms with Crippen molar-refractivity contribution in [3.63, 3.8) is 0 Å². The summed E-state index contributed by atoms with van der Waals surface area (Å²) in [6.07, 6.45) is 1.40. The van der Waals surface area contributed by atoms with E-state index in [0.29, 0.717) is 17.6 Å². The molecule has 0 N–H and O–H groups in total. The highest BCUT2D eigenvalue weighted by atomic mass is 31.2. The lowest BCUT2D eigenvalue weighted by atomic mass is 10.3. The molecule has 0 radical (unpaired) electrons. The highest BCUT2D eigenvalue weighted by molar-refractivity contribution is 7.48. The van der Waals surface area contributed by atoms with E-state index in [4.69, 9.17) is 18.3 Å². The topological polar surface area (TPSA) is 98.0 Å². The van der Waals surface area contributed by atoms with Gasteiger partial charge in [0.25, 0.3) is 5.56 Å². The first-order valence-corrected chi connectivity index (χ1v) is 9.04. The van der Waals surface area contributed by atoms with E-state index < -0.39 is 37.8 Å². The van der Waals surface area contributed by atoms with Gasteiger partial charge in [0.05, 0.1) is 19.4 Å². The molecule has 1 aliphatic heterocycles. The van der Waals surface area contributed by atoms with E-state index in [1.807, 2.05) is 0 Å². The van der Waals surface area contributed by atoms with Crippen molar-refractivity contribution >= 4 is 7.82 Å². The first kappa shape index (κ1) is 19.0. The van der Waals surface area contributed by atoms with Crippen LogP contribution in [-0.2, 0) is 29.6 Å². The summed E-state index contributed by atoms with van der Waals surface area (Å²) in [6.45, 7) is 2.91. The van der Waals surface area contributed by atoms with Crippen molar-refractivity contribution in [1.29, 1.82) is 0 Å². The molecule has 1 aromatic heterocycles. The van der Waals surface area contributed by atoms with Crippen LogP contribution in [0.1, 0.15) is 32.9 Å². The molecule has 2 heterocycles. The summed E-state index contributed by atoms with van der Waals surface area (Å²) in [5, 5.41) is 0. The van der Waals surface area contributed by atoms with Crippen molar-refractivity contribution in [2.75, 3.05) is 19.8 Å². The number of hydrogen-bond acceptors (Lipinski definition) is 7. The van der Waals surface area contributed by atoms with Gasteiger partial charge in [-0.05, 0) is 26.7 Å². The first-order valence-electron chi connectivity index (χ1n) is 7.58. The van der Waals surface area contributed by atoms with Crippen LogP contribution in [0, 0.1) is 5.82 Å². The van der Waals surface area contributed by atoms with Gasteiger partial charge in [-0.3, -0.25) is 22.9 Å². The fourth-order valence-corrected chi connectivity index (χ4v) is 3.36. The van der Waals surface area contributed by atoms with E-state index in [-0.39, 0.29) is 13.2 Å². The second-order valence-electron chi connectivity index (χ2n) is 4.91. The molecular formula is C13H20FN2O7P. The molecule has 1 saturated heterocycles. The van der Waals surface area contributed by atoms with E-state index in [1.165, 1.54) is 0 Å². The molecule has 0 aliphatic carbocycles. The van der Waals surface area contributed by atoms with Crippen LogP contribution in [0.25, 0.3) is 0 Å². The Morgan fingerprint density at radius 3 is 2.50 bits per heavy atom. The van der Waals surface area contributed by atoms with Crippen molar-refractivity contribution in [3.8, 4) is 0 Å². The van der Waals surface area contributed by atoms with E-state index in [2.05, 4.69) is 0 Å². The molecule has 1 fully saturated rings. The smallest absolute Gasteiger partial charge is 0.358 e. The Bertz CT molecular complexity index is 716. The highest BCUT2D eigenvalue weighted by Gasteiger charge is 2.27. The molecule has 0 aromatic carbocycles. The molecule has 0 spiro atoms. The van der Waals surface area contributed by atoms with Crippen LogP contribution >= 0.6 is 7.82 Å². The summed E-state index contributed by atoms with van der Waals surface area (Å²) >= 11 is 0. The molecule has 0 saturated carbocycles. The Kier molecular flexibility index (Phi) is 6.47. The van der Waals surface area contributed by atoms with Crippen LogP contribution in [0.2, 0.25) is 0 Å². The zero-order chi connectivity index (χ0) is 17.7. The van der Waals surface area contributed by atoms with Gasteiger partial charge >= 0.3 is 13.5 Å². The van der Waals surface area contributed by atoms with E-state index >= 15 is 0 Å². The Labute approximate surface area is 137 Å². The van der Waals surface area contributed by atoms with Crippen LogP contribution in [-0.4, -0.2) is 29.0 Å². The van der Waals surface area contributed by atoms with Gasteiger partial charge in [0.2, 0.25) is 5.82 Å². The van der Waals surface area contributed by atoms with Crippen LogP contribution in [0.15, 0.2) is 15.8 Å². The summed E-state index contributed by atoms with van der Waals surface area (Å²) in [6, 6.07) is 0. The van der Waals surface area contributed by atoms with E-state index in [0.717, 1.165) is 17.2 Å². The van der Waals surface area contributed by atoms with Crippen molar-refractivity contribution in [3.05, 3.63) is 32.9 Å². The quantitative estimate of drug-likeness (QED) is 0.645. The Morgan fingerprint density at radius 1 is 1.29 bits per heavy atom.